The van der Waals surface area contributed by atoms with Gasteiger partial charge in [-0.25, -0.2) is 4.98 Å². The Hall–Kier alpha value is -0.740. The highest BCUT2D eigenvalue weighted by molar-refractivity contribution is 7.71. The van der Waals surface area contributed by atoms with Crippen LogP contribution in [-0.2, 0) is 10.3 Å². The Balaban J connectivity index is 3.24. The number of aromatic amines is 1. The van der Waals surface area contributed by atoms with Crippen LogP contribution in [0.15, 0.2) is 6.07 Å². The molecule has 1 rings (SSSR count). The second-order valence-corrected chi connectivity index (χ2v) is 5.11. The fourth-order valence-corrected chi connectivity index (χ4v) is 1.91. The van der Waals surface area contributed by atoms with Crippen LogP contribution in [0, 0.1) is 4.64 Å². The topological polar surface area (TPSA) is 37.9 Å². The van der Waals surface area contributed by atoms with Crippen LogP contribution in [0.1, 0.15) is 58.5 Å². The van der Waals surface area contributed by atoms with E-state index >= 15 is 0 Å². The molecule has 0 saturated heterocycles. The van der Waals surface area contributed by atoms with Crippen molar-refractivity contribution in [1.82, 2.24) is 9.97 Å². The van der Waals surface area contributed by atoms with Crippen molar-refractivity contribution in [3.8, 4) is 0 Å². The first-order valence-corrected chi connectivity index (χ1v) is 6.59. The average molecular weight is 254 g/mol. The minimum absolute atomic E-state index is 0.382. The number of aromatic nitrogens is 2. The van der Waals surface area contributed by atoms with Gasteiger partial charge in [0.2, 0.25) is 0 Å². The molecule has 0 aliphatic heterocycles. The van der Waals surface area contributed by atoms with Gasteiger partial charge in [0.1, 0.15) is 16.1 Å². The smallest absolute Gasteiger partial charge is 0.140 e. The lowest BCUT2D eigenvalue weighted by Crippen LogP contribution is -2.28. The predicted molar refractivity (Wildman–Crippen MR) is 72.8 cm³/mol. The van der Waals surface area contributed by atoms with E-state index in [2.05, 4.69) is 30.7 Å². The van der Waals surface area contributed by atoms with Crippen molar-refractivity contribution in [3.63, 3.8) is 0 Å². The quantitative estimate of drug-likeness (QED) is 0.809. The molecule has 0 saturated carbocycles. The first kappa shape index (κ1) is 14.3. The molecule has 0 bridgehead atoms. The highest BCUT2D eigenvalue weighted by Crippen LogP contribution is 2.27. The average Bonchev–Trinajstić information content (AvgIpc) is 2.28. The third-order valence-electron chi connectivity index (χ3n) is 3.02. The minimum atomic E-state index is -0.382. The van der Waals surface area contributed by atoms with Crippen molar-refractivity contribution in [1.29, 1.82) is 0 Å². The molecule has 1 heterocycles. The second kappa shape index (κ2) is 5.74. The first-order valence-electron chi connectivity index (χ1n) is 6.18. The van der Waals surface area contributed by atoms with Crippen molar-refractivity contribution in [2.45, 2.75) is 52.6 Å². The Bertz CT molecular complexity index is 428. The molecule has 0 fully saturated rings. The molecule has 1 unspecified atom stereocenters. The monoisotopic (exact) mass is 254 g/mol. The van der Waals surface area contributed by atoms with E-state index < -0.39 is 0 Å². The summed E-state index contributed by atoms with van der Waals surface area (Å²) in [5.41, 5.74) is 0.729. The van der Waals surface area contributed by atoms with Gasteiger partial charge in [-0.1, -0.05) is 33.0 Å². The van der Waals surface area contributed by atoms with Crippen LogP contribution in [0.2, 0.25) is 0 Å². The number of hydrogen-bond donors (Lipinski definition) is 1. The zero-order valence-electron chi connectivity index (χ0n) is 11.3. The maximum atomic E-state index is 5.81. The molecule has 0 aromatic carbocycles. The number of nitrogens with one attached hydrogen (secondary N) is 1. The molecule has 1 aromatic rings. The van der Waals surface area contributed by atoms with Gasteiger partial charge >= 0.3 is 0 Å². The van der Waals surface area contributed by atoms with Gasteiger partial charge in [-0.15, -0.1) is 0 Å². The van der Waals surface area contributed by atoms with Crippen molar-refractivity contribution in [2.24, 2.45) is 0 Å². The summed E-state index contributed by atoms with van der Waals surface area (Å²) in [4.78, 5) is 7.77. The summed E-state index contributed by atoms with van der Waals surface area (Å²) >= 11 is 5.22. The van der Waals surface area contributed by atoms with Gasteiger partial charge in [0, 0.05) is 12.3 Å². The normalized spacial score (nSPS) is 14.9. The Labute approximate surface area is 109 Å². The molecular weight excluding hydrogens is 232 g/mol. The molecule has 0 radical (unpaired) electrons. The zero-order chi connectivity index (χ0) is 13.1. The fourth-order valence-electron chi connectivity index (χ4n) is 1.69. The molecular formula is C13H22N2OS. The number of rotatable bonds is 5. The van der Waals surface area contributed by atoms with E-state index in [1.165, 1.54) is 0 Å². The van der Waals surface area contributed by atoms with Crippen molar-refractivity contribution in [3.05, 3.63) is 22.2 Å². The summed E-state index contributed by atoms with van der Waals surface area (Å²) in [7, 11) is 0. The summed E-state index contributed by atoms with van der Waals surface area (Å²) in [6.45, 7) is 11.1. The summed E-state index contributed by atoms with van der Waals surface area (Å²) in [5, 5.41) is 0. The lowest BCUT2D eigenvalue weighted by molar-refractivity contribution is -0.0392. The summed E-state index contributed by atoms with van der Waals surface area (Å²) in [5.74, 6) is 1.24. The molecule has 1 N–H and O–H groups in total. The molecule has 0 aliphatic carbocycles. The Morgan fingerprint density at radius 1 is 1.47 bits per heavy atom. The maximum Gasteiger partial charge on any atom is 0.140 e. The zero-order valence-corrected chi connectivity index (χ0v) is 12.1. The van der Waals surface area contributed by atoms with Gasteiger partial charge in [0.05, 0.1) is 0 Å². The number of ether oxygens (including phenoxy) is 1. The number of H-pyrrole nitrogens is 1. The molecule has 0 amide bonds. The molecule has 17 heavy (non-hydrogen) atoms. The van der Waals surface area contributed by atoms with Gasteiger partial charge < -0.3 is 9.72 Å². The molecule has 0 spiro atoms. The molecule has 4 heteroatoms. The standard InChI is InChI=1S/C13H22N2OS/c1-6-13(5,16-7-2)12-14-10(9(3)4)8-11(17)15-12/h8-9H,6-7H2,1-5H3,(H,14,15,17). The third-order valence-corrected chi connectivity index (χ3v) is 3.23. The van der Waals surface area contributed by atoms with Crippen molar-refractivity contribution >= 4 is 12.2 Å². The molecule has 1 aromatic heterocycles. The Morgan fingerprint density at radius 3 is 2.59 bits per heavy atom. The summed E-state index contributed by atoms with van der Waals surface area (Å²) in [6.07, 6.45) is 0.862. The fraction of sp³-hybridized carbons (Fsp3) is 0.692. The largest absolute Gasteiger partial charge is 0.368 e. The van der Waals surface area contributed by atoms with Crippen molar-refractivity contribution < 1.29 is 4.74 Å². The Kier molecular flexibility index (Phi) is 4.83. The number of hydrogen-bond acceptors (Lipinski definition) is 3. The van der Waals surface area contributed by atoms with Crippen LogP contribution in [-0.4, -0.2) is 16.6 Å². The third kappa shape index (κ3) is 3.36. The lowest BCUT2D eigenvalue weighted by atomic mass is 10.0. The van der Waals surface area contributed by atoms with Crippen LogP contribution in [0.3, 0.4) is 0 Å². The van der Waals surface area contributed by atoms with Gasteiger partial charge in [-0.2, -0.15) is 0 Å². The van der Waals surface area contributed by atoms with E-state index in [1.54, 1.807) is 0 Å². The Morgan fingerprint density at radius 2 is 2.12 bits per heavy atom. The highest BCUT2D eigenvalue weighted by Gasteiger charge is 2.28. The van der Waals surface area contributed by atoms with Crippen LogP contribution in [0.25, 0.3) is 0 Å². The highest BCUT2D eigenvalue weighted by atomic mass is 32.1. The molecule has 1 atom stereocenters. The molecule has 0 aliphatic rings. The summed E-state index contributed by atoms with van der Waals surface area (Å²) in [6, 6.07) is 1.92. The van der Waals surface area contributed by atoms with Gasteiger partial charge in [-0.3, -0.25) is 0 Å². The SMILES string of the molecule is CCOC(C)(CC)c1nc(=S)cc(C(C)C)[nH]1. The predicted octanol–water partition coefficient (Wildman–Crippen LogP) is 3.92. The second-order valence-electron chi connectivity index (χ2n) is 4.70. The van der Waals surface area contributed by atoms with Crippen LogP contribution in [0.5, 0.6) is 0 Å². The van der Waals surface area contributed by atoms with Crippen LogP contribution in [0.4, 0.5) is 0 Å². The molecule has 3 nitrogen and oxygen atoms in total. The van der Waals surface area contributed by atoms with Crippen molar-refractivity contribution in [2.75, 3.05) is 6.61 Å². The van der Waals surface area contributed by atoms with E-state index in [0.29, 0.717) is 17.2 Å². The van der Waals surface area contributed by atoms with E-state index in [4.69, 9.17) is 17.0 Å². The van der Waals surface area contributed by atoms with E-state index in [9.17, 15) is 0 Å². The lowest BCUT2D eigenvalue weighted by Gasteiger charge is -2.27. The van der Waals surface area contributed by atoms with Crippen LogP contribution >= 0.6 is 12.2 Å². The van der Waals surface area contributed by atoms with E-state index in [-0.39, 0.29) is 5.60 Å². The van der Waals surface area contributed by atoms with Gasteiger partial charge in [0.15, 0.2) is 0 Å². The van der Waals surface area contributed by atoms with E-state index in [1.807, 2.05) is 19.9 Å². The van der Waals surface area contributed by atoms with Crippen LogP contribution < -0.4 is 0 Å². The van der Waals surface area contributed by atoms with Gasteiger partial charge in [0.25, 0.3) is 0 Å². The van der Waals surface area contributed by atoms with E-state index in [0.717, 1.165) is 17.9 Å². The molecule has 96 valence electrons. The first-order chi connectivity index (χ1) is 7.92. The minimum Gasteiger partial charge on any atom is -0.368 e. The number of nitrogens with zero attached hydrogens (tertiary/aromatic N) is 1. The summed E-state index contributed by atoms with van der Waals surface area (Å²) < 4.78 is 6.44. The van der Waals surface area contributed by atoms with Gasteiger partial charge in [-0.05, 0) is 32.3 Å². The maximum absolute atomic E-state index is 5.81.